The fourth-order valence-electron chi connectivity index (χ4n) is 1.24. The van der Waals surface area contributed by atoms with Crippen LogP contribution in [0, 0.1) is 6.92 Å². The van der Waals surface area contributed by atoms with Crippen molar-refractivity contribution in [2.24, 2.45) is 5.73 Å². The molecule has 1 amide bonds. The van der Waals surface area contributed by atoms with Crippen LogP contribution in [-0.2, 0) is 0 Å². The summed E-state index contributed by atoms with van der Waals surface area (Å²) in [6, 6.07) is 0.943. The zero-order valence-corrected chi connectivity index (χ0v) is 8.25. The van der Waals surface area contributed by atoms with Crippen LogP contribution in [0.15, 0.2) is 6.07 Å². The van der Waals surface area contributed by atoms with Crippen molar-refractivity contribution in [3.63, 3.8) is 0 Å². The summed E-state index contributed by atoms with van der Waals surface area (Å²) in [5.74, 6) is -0.863. The van der Waals surface area contributed by atoms with Crippen molar-refractivity contribution in [2.45, 2.75) is 13.3 Å². The number of nitrogens with zero attached hydrogens (tertiary/aromatic N) is 1. The quantitative estimate of drug-likeness (QED) is 0.831. The third-order valence-electron chi connectivity index (χ3n) is 1.86. The Labute approximate surface area is 85.1 Å². The van der Waals surface area contributed by atoms with E-state index in [1.54, 1.807) is 0 Å². The molecule has 0 atom stereocenters. The highest BCUT2D eigenvalue weighted by atomic mass is 19.3. The number of methoxy groups -OCH3 is 1. The fraction of sp³-hybridized carbons (Fsp3) is 0.333. The fourth-order valence-corrected chi connectivity index (χ4v) is 1.24. The van der Waals surface area contributed by atoms with Gasteiger partial charge in [0.2, 0.25) is 0 Å². The number of alkyl halides is 2. The molecule has 0 saturated heterocycles. The minimum Gasteiger partial charge on any atom is -0.494 e. The average molecular weight is 216 g/mol. The number of aryl methyl sites for hydroxylation is 1. The van der Waals surface area contributed by atoms with Crippen molar-refractivity contribution in [3.8, 4) is 5.75 Å². The van der Waals surface area contributed by atoms with Gasteiger partial charge in [0.25, 0.3) is 12.3 Å². The molecule has 2 N–H and O–H groups in total. The second-order valence-electron chi connectivity index (χ2n) is 2.88. The summed E-state index contributed by atoms with van der Waals surface area (Å²) in [4.78, 5) is 14.6. The van der Waals surface area contributed by atoms with Gasteiger partial charge in [-0.2, -0.15) is 0 Å². The van der Waals surface area contributed by atoms with Gasteiger partial charge in [-0.1, -0.05) is 0 Å². The predicted octanol–water partition coefficient (Wildman–Crippen LogP) is 1.44. The first-order valence-corrected chi connectivity index (χ1v) is 4.10. The SMILES string of the molecule is COc1c(C(F)F)cc(C(N)=O)nc1C. The van der Waals surface area contributed by atoms with E-state index in [0.29, 0.717) is 0 Å². The summed E-state index contributed by atoms with van der Waals surface area (Å²) in [7, 11) is 1.26. The molecule has 1 aromatic rings. The van der Waals surface area contributed by atoms with Crippen molar-refractivity contribution >= 4 is 5.91 Å². The number of aromatic nitrogens is 1. The summed E-state index contributed by atoms with van der Waals surface area (Å²) in [5, 5.41) is 0. The van der Waals surface area contributed by atoms with E-state index in [1.807, 2.05) is 0 Å². The van der Waals surface area contributed by atoms with Crippen LogP contribution < -0.4 is 10.5 Å². The number of primary amides is 1. The van der Waals surface area contributed by atoms with E-state index in [4.69, 9.17) is 10.5 Å². The van der Waals surface area contributed by atoms with Gasteiger partial charge in [0.15, 0.2) is 0 Å². The molecule has 6 heteroatoms. The molecule has 0 aliphatic heterocycles. The number of hydrogen-bond donors (Lipinski definition) is 1. The Kier molecular flexibility index (Phi) is 3.18. The molecule has 0 bridgehead atoms. The standard InChI is InChI=1S/C9H10F2N2O2/c1-4-7(15-2)5(8(10)11)3-6(13-4)9(12)14/h3,8H,1-2H3,(H2,12,14). The Morgan fingerprint density at radius 3 is 2.60 bits per heavy atom. The largest absolute Gasteiger partial charge is 0.494 e. The summed E-state index contributed by atoms with van der Waals surface area (Å²) in [6.45, 7) is 1.47. The van der Waals surface area contributed by atoms with Gasteiger partial charge in [0.05, 0.1) is 18.4 Å². The van der Waals surface area contributed by atoms with Crippen LogP contribution in [0.2, 0.25) is 0 Å². The molecule has 1 rings (SSSR count). The maximum absolute atomic E-state index is 12.6. The second-order valence-corrected chi connectivity index (χ2v) is 2.88. The molecule has 15 heavy (non-hydrogen) atoms. The van der Waals surface area contributed by atoms with Gasteiger partial charge >= 0.3 is 0 Å². The Hall–Kier alpha value is -1.72. The molecule has 0 spiro atoms. The number of ether oxygens (including phenoxy) is 1. The zero-order chi connectivity index (χ0) is 11.6. The molecule has 0 aliphatic rings. The van der Waals surface area contributed by atoms with Gasteiger partial charge in [-0.3, -0.25) is 4.79 Å². The van der Waals surface area contributed by atoms with E-state index in [1.165, 1.54) is 14.0 Å². The Bertz CT molecular complexity index is 394. The number of pyridine rings is 1. The summed E-state index contributed by atoms with van der Waals surface area (Å²) >= 11 is 0. The number of rotatable bonds is 3. The van der Waals surface area contributed by atoms with Gasteiger partial charge in [-0.15, -0.1) is 0 Å². The van der Waals surface area contributed by atoms with Gasteiger partial charge in [-0.25, -0.2) is 13.8 Å². The molecule has 82 valence electrons. The van der Waals surface area contributed by atoms with Crippen molar-refractivity contribution in [2.75, 3.05) is 7.11 Å². The number of carbonyl (C=O) groups is 1. The lowest BCUT2D eigenvalue weighted by Crippen LogP contribution is -2.15. The van der Waals surface area contributed by atoms with Gasteiger partial charge in [-0.05, 0) is 13.0 Å². The minimum atomic E-state index is -2.74. The van der Waals surface area contributed by atoms with Crippen molar-refractivity contribution < 1.29 is 18.3 Å². The van der Waals surface area contributed by atoms with Gasteiger partial charge < -0.3 is 10.5 Å². The maximum atomic E-state index is 12.6. The van der Waals surface area contributed by atoms with E-state index in [0.717, 1.165) is 6.07 Å². The molecule has 0 aliphatic carbocycles. The van der Waals surface area contributed by atoms with Crippen molar-refractivity contribution in [1.29, 1.82) is 0 Å². The molecule has 1 heterocycles. The lowest BCUT2D eigenvalue weighted by molar-refractivity contribution is 0.0994. The lowest BCUT2D eigenvalue weighted by atomic mass is 10.1. The summed E-state index contributed by atoms with van der Waals surface area (Å²) in [6.07, 6.45) is -2.74. The van der Waals surface area contributed by atoms with E-state index in [-0.39, 0.29) is 22.7 Å². The van der Waals surface area contributed by atoms with E-state index >= 15 is 0 Å². The Morgan fingerprint density at radius 2 is 2.20 bits per heavy atom. The molecule has 0 unspecified atom stereocenters. The first-order chi connectivity index (χ1) is 6.97. The molecule has 0 radical (unpaired) electrons. The topological polar surface area (TPSA) is 65.2 Å². The van der Waals surface area contributed by atoms with Gasteiger partial charge in [0, 0.05) is 0 Å². The molecule has 0 saturated carbocycles. The highest BCUT2D eigenvalue weighted by molar-refractivity contribution is 5.91. The molecule has 4 nitrogen and oxygen atoms in total. The summed E-state index contributed by atoms with van der Waals surface area (Å²) in [5.41, 5.74) is 4.60. The van der Waals surface area contributed by atoms with Crippen LogP contribution in [0.1, 0.15) is 28.2 Å². The zero-order valence-electron chi connectivity index (χ0n) is 8.25. The third-order valence-corrected chi connectivity index (χ3v) is 1.86. The predicted molar refractivity (Wildman–Crippen MR) is 49.0 cm³/mol. The molecule has 1 aromatic heterocycles. The van der Waals surface area contributed by atoms with E-state index in [9.17, 15) is 13.6 Å². The smallest absolute Gasteiger partial charge is 0.267 e. The number of nitrogens with two attached hydrogens (primary N) is 1. The highest BCUT2D eigenvalue weighted by Crippen LogP contribution is 2.31. The maximum Gasteiger partial charge on any atom is 0.267 e. The molecule has 0 aromatic carbocycles. The van der Waals surface area contributed by atoms with E-state index in [2.05, 4.69) is 4.98 Å². The average Bonchev–Trinajstić information content (AvgIpc) is 2.16. The molecular weight excluding hydrogens is 206 g/mol. The van der Waals surface area contributed by atoms with Crippen molar-refractivity contribution in [3.05, 3.63) is 23.0 Å². The summed E-state index contributed by atoms with van der Waals surface area (Å²) < 4.78 is 29.9. The van der Waals surface area contributed by atoms with Crippen molar-refractivity contribution in [1.82, 2.24) is 4.98 Å². The second kappa shape index (κ2) is 4.20. The number of amides is 1. The van der Waals surface area contributed by atoms with Crippen LogP contribution in [0.3, 0.4) is 0 Å². The minimum absolute atomic E-state index is 0.0185. The normalized spacial score (nSPS) is 10.5. The molecular formula is C9H10F2N2O2. The number of carbonyl (C=O) groups excluding carboxylic acids is 1. The van der Waals surface area contributed by atoms with Crippen LogP contribution in [0.25, 0.3) is 0 Å². The van der Waals surface area contributed by atoms with Crippen LogP contribution in [-0.4, -0.2) is 18.0 Å². The number of halogens is 2. The van der Waals surface area contributed by atoms with E-state index < -0.39 is 12.3 Å². The lowest BCUT2D eigenvalue weighted by Gasteiger charge is -2.11. The first kappa shape index (κ1) is 11.4. The van der Waals surface area contributed by atoms with Crippen LogP contribution >= 0.6 is 0 Å². The first-order valence-electron chi connectivity index (χ1n) is 4.10. The molecule has 0 fully saturated rings. The number of hydrogen-bond acceptors (Lipinski definition) is 3. The Morgan fingerprint density at radius 1 is 1.60 bits per heavy atom. The third kappa shape index (κ3) is 2.20. The van der Waals surface area contributed by atoms with Crippen LogP contribution in [0.4, 0.5) is 8.78 Å². The van der Waals surface area contributed by atoms with Crippen LogP contribution in [0.5, 0.6) is 5.75 Å². The van der Waals surface area contributed by atoms with Gasteiger partial charge in [0.1, 0.15) is 11.4 Å². The Balaban J connectivity index is 3.38. The highest BCUT2D eigenvalue weighted by Gasteiger charge is 2.19. The monoisotopic (exact) mass is 216 g/mol.